The van der Waals surface area contributed by atoms with Gasteiger partial charge in [-0.2, -0.15) is 0 Å². The smallest absolute Gasteiger partial charge is 0.408 e. The van der Waals surface area contributed by atoms with Crippen molar-refractivity contribution in [1.29, 1.82) is 0 Å². The molecular formula is C12H23NO5. The molecule has 0 bridgehead atoms. The molecule has 6 heteroatoms. The Hall–Kier alpha value is -0.850. The van der Waals surface area contributed by atoms with E-state index in [0.717, 1.165) is 0 Å². The van der Waals surface area contributed by atoms with Crippen LogP contribution in [0.2, 0.25) is 0 Å². The molecule has 0 aliphatic carbocycles. The van der Waals surface area contributed by atoms with Gasteiger partial charge in [-0.05, 0) is 20.8 Å². The van der Waals surface area contributed by atoms with Gasteiger partial charge in [0.25, 0.3) is 0 Å². The van der Waals surface area contributed by atoms with Crippen LogP contribution in [0.5, 0.6) is 0 Å². The SMILES string of the molecule is CC(C)(C)OC(=O)N[C@H]1COC(O)C(C)(C)[C@H]1O. The maximum atomic E-state index is 11.6. The van der Waals surface area contributed by atoms with E-state index in [4.69, 9.17) is 9.47 Å². The lowest BCUT2D eigenvalue weighted by Gasteiger charge is -2.43. The Morgan fingerprint density at radius 3 is 2.44 bits per heavy atom. The summed E-state index contributed by atoms with van der Waals surface area (Å²) in [6.45, 7) is 8.66. The first-order chi connectivity index (χ1) is 8.04. The fraction of sp³-hybridized carbons (Fsp3) is 0.917. The summed E-state index contributed by atoms with van der Waals surface area (Å²) in [7, 11) is 0. The highest BCUT2D eigenvalue weighted by Gasteiger charge is 2.46. The van der Waals surface area contributed by atoms with Gasteiger partial charge in [0.15, 0.2) is 6.29 Å². The molecule has 1 aliphatic heterocycles. The van der Waals surface area contributed by atoms with Crippen molar-refractivity contribution in [1.82, 2.24) is 5.32 Å². The normalized spacial score (nSPS) is 31.8. The number of carbonyl (C=O) groups is 1. The molecule has 18 heavy (non-hydrogen) atoms. The third-order valence-electron chi connectivity index (χ3n) is 2.92. The molecule has 3 atom stereocenters. The number of hydrogen-bond acceptors (Lipinski definition) is 5. The lowest BCUT2D eigenvalue weighted by molar-refractivity contribution is -0.238. The average Bonchev–Trinajstić information content (AvgIpc) is 2.17. The highest BCUT2D eigenvalue weighted by molar-refractivity contribution is 5.68. The molecule has 0 aromatic carbocycles. The summed E-state index contributed by atoms with van der Waals surface area (Å²) in [4.78, 5) is 11.6. The summed E-state index contributed by atoms with van der Waals surface area (Å²) >= 11 is 0. The van der Waals surface area contributed by atoms with E-state index in [0.29, 0.717) is 0 Å². The second-order valence-electron chi connectivity index (χ2n) is 6.20. The zero-order valence-corrected chi connectivity index (χ0v) is 11.6. The predicted octanol–water partition coefficient (Wildman–Crippen LogP) is 0.615. The van der Waals surface area contributed by atoms with Gasteiger partial charge < -0.3 is 25.0 Å². The number of alkyl carbamates (subject to hydrolysis) is 1. The lowest BCUT2D eigenvalue weighted by Crippen LogP contribution is -2.60. The van der Waals surface area contributed by atoms with Crippen molar-refractivity contribution >= 4 is 6.09 Å². The summed E-state index contributed by atoms with van der Waals surface area (Å²) < 4.78 is 10.2. The van der Waals surface area contributed by atoms with Crippen LogP contribution >= 0.6 is 0 Å². The second-order valence-corrected chi connectivity index (χ2v) is 6.20. The summed E-state index contributed by atoms with van der Waals surface area (Å²) in [5.41, 5.74) is -1.45. The third kappa shape index (κ3) is 3.57. The molecule has 6 nitrogen and oxygen atoms in total. The van der Waals surface area contributed by atoms with E-state index in [-0.39, 0.29) is 6.61 Å². The standard InChI is InChI=1S/C12H23NO5/c1-11(2,3)18-10(16)13-7-6-17-9(15)12(4,5)8(7)14/h7-9,14-15H,6H2,1-5H3,(H,13,16)/t7-,8-,9?/m0/s1. The van der Waals surface area contributed by atoms with E-state index >= 15 is 0 Å². The van der Waals surface area contributed by atoms with E-state index in [2.05, 4.69) is 5.32 Å². The average molecular weight is 261 g/mol. The molecule has 0 spiro atoms. The molecule has 1 saturated heterocycles. The molecule has 0 saturated carbocycles. The van der Waals surface area contributed by atoms with Crippen LogP contribution in [0.25, 0.3) is 0 Å². The molecule has 1 rings (SSSR count). The first kappa shape index (κ1) is 15.2. The summed E-state index contributed by atoms with van der Waals surface area (Å²) in [6, 6.07) is -0.599. The molecule has 0 radical (unpaired) electrons. The van der Waals surface area contributed by atoms with Crippen molar-refractivity contribution in [2.24, 2.45) is 5.41 Å². The van der Waals surface area contributed by atoms with Crippen LogP contribution in [0, 0.1) is 5.41 Å². The maximum Gasteiger partial charge on any atom is 0.408 e. The number of ether oxygens (including phenoxy) is 2. The number of aliphatic hydroxyl groups excluding tert-OH is 2. The van der Waals surface area contributed by atoms with Gasteiger partial charge in [0.05, 0.1) is 18.8 Å². The number of amides is 1. The number of carbonyl (C=O) groups excluding carboxylic acids is 1. The topological polar surface area (TPSA) is 88.0 Å². The molecule has 1 amide bonds. The van der Waals surface area contributed by atoms with E-state index in [1.807, 2.05) is 0 Å². The minimum Gasteiger partial charge on any atom is -0.444 e. The minimum atomic E-state index is -1.05. The molecule has 0 aromatic heterocycles. The number of rotatable bonds is 1. The van der Waals surface area contributed by atoms with Gasteiger partial charge in [-0.3, -0.25) is 0 Å². The van der Waals surface area contributed by atoms with Gasteiger partial charge in [0, 0.05) is 5.41 Å². The van der Waals surface area contributed by atoms with Crippen LogP contribution in [0.15, 0.2) is 0 Å². The van der Waals surface area contributed by atoms with Gasteiger partial charge in [-0.25, -0.2) is 4.79 Å². The van der Waals surface area contributed by atoms with Gasteiger partial charge >= 0.3 is 6.09 Å². The van der Waals surface area contributed by atoms with E-state index in [9.17, 15) is 15.0 Å². The van der Waals surface area contributed by atoms with E-state index in [1.54, 1.807) is 34.6 Å². The Bertz CT molecular complexity index is 310. The molecular weight excluding hydrogens is 238 g/mol. The predicted molar refractivity (Wildman–Crippen MR) is 64.9 cm³/mol. The maximum absolute atomic E-state index is 11.6. The van der Waals surface area contributed by atoms with Crippen LogP contribution < -0.4 is 5.32 Å². The van der Waals surface area contributed by atoms with Crippen LogP contribution in [0.3, 0.4) is 0 Å². The van der Waals surface area contributed by atoms with Gasteiger partial charge in [0.2, 0.25) is 0 Å². The van der Waals surface area contributed by atoms with Gasteiger partial charge in [0.1, 0.15) is 5.60 Å². The van der Waals surface area contributed by atoms with Gasteiger partial charge in [-0.15, -0.1) is 0 Å². The van der Waals surface area contributed by atoms with Crippen LogP contribution in [0.1, 0.15) is 34.6 Å². The first-order valence-corrected chi connectivity index (χ1v) is 6.01. The Balaban J connectivity index is 2.61. The minimum absolute atomic E-state index is 0.0466. The quantitative estimate of drug-likeness (QED) is 0.644. The highest BCUT2D eigenvalue weighted by atomic mass is 16.6. The molecule has 106 valence electrons. The van der Waals surface area contributed by atoms with E-state index in [1.165, 1.54) is 0 Å². The summed E-state index contributed by atoms with van der Waals surface area (Å²) in [5.74, 6) is 0. The molecule has 1 unspecified atom stereocenters. The molecule has 1 aliphatic rings. The first-order valence-electron chi connectivity index (χ1n) is 6.01. The fourth-order valence-electron chi connectivity index (χ4n) is 1.74. The van der Waals surface area contributed by atoms with Crippen LogP contribution in [-0.4, -0.2) is 47.0 Å². The van der Waals surface area contributed by atoms with Crippen molar-refractivity contribution in [3.63, 3.8) is 0 Å². The second kappa shape index (κ2) is 5.03. The Labute approximate surface area is 107 Å². The fourth-order valence-corrected chi connectivity index (χ4v) is 1.74. The zero-order valence-electron chi connectivity index (χ0n) is 11.6. The largest absolute Gasteiger partial charge is 0.444 e. The Kier molecular flexibility index (Phi) is 4.25. The van der Waals surface area contributed by atoms with Crippen molar-refractivity contribution < 1.29 is 24.5 Å². The monoisotopic (exact) mass is 261 g/mol. The molecule has 1 heterocycles. The zero-order chi connectivity index (χ0) is 14.1. The number of hydrogen-bond donors (Lipinski definition) is 3. The number of aliphatic hydroxyl groups is 2. The molecule has 0 aromatic rings. The van der Waals surface area contributed by atoms with Crippen molar-refractivity contribution in [2.45, 2.75) is 58.7 Å². The van der Waals surface area contributed by atoms with Crippen molar-refractivity contribution in [3.05, 3.63) is 0 Å². The Morgan fingerprint density at radius 2 is 1.94 bits per heavy atom. The van der Waals surface area contributed by atoms with Crippen LogP contribution in [0.4, 0.5) is 4.79 Å². The van der Waals surface area contributed by atoms with E-state index < -0.39 is 35.5 Å². The van der Waals surface area contributed by atoms with Gasteiger partial charge in [-0.1, -0.05) is 13.8 Å². The highest BCUT2D eigenvalue weighted by Crippen LogP contribution is 2.32. The summed E-state index contributed by atoms with van der Waals surface area (Å²) in [6.07, 6.45) is -2.57. The lowest BCUT2D eigenvalue weighted by atomic mass is 9.80. The van der Waals surface area contributed by atoms with Crippen molar-refractivity contribution in [2.75, 3.05) is 6.61 Å². The van der Waals surface area contributed by atoms with Crippen LogP contribution in [-0.2, 0) is 9.47 Å². The van der Waals surface area contributed by atoms with Crippen molar-refractivity contribution in [3.8, 4) is 0 Å². The summed E-state index contributed by atoms with van der Waals surface area (Å²) in [5, 5.41) is 22.3. The number of nitrogens with one attached hydrogen (secondary N) is 1. The third-order valence-corrected chi connectivity index (χ3v) is 2.92. The molecule has 1 fully saturated rings. The Morgan fingerprint density at radius 1 is 1.39 bits per heavy atom. The molecule has 3 N–H and O–H groups in total.